The van der Waals surface area contributed by atoms with Crippen molar-refractivity contribution in [2.45, 2.75) is 44.3 Å². The van der Waals surface area contributed by atoms with Crippen molar-refractivity contribution in [3.8, 4) is 0 Å². The van der Waals surface area contributed by atoms with Gasteiger partial charge < -0.3 is 14.7 Å². The molecule has 2 fully saturated rings. The summed E-state index contributed by atoms with van der Waals surface area (Å²) in [6, 6.07) is 10.1. The number of carbonyl (C=O) groups is 3. The van der Waals surface area contributed by atoms with Crippen molar-refractivity contribution >= 4 is 45.3 Å². The number of hydrogen-bond acceptors (Lipinski definition) is 3. The molecule has 2 aliphatic rings. The van der Waals surface area contributed by atoms with Gasteiger partial charge in [0.05, 0.1) is 5.56 Å². The first kappa shape index (κ1) is 29.4. The van der Waals surface area contributed by atoms with Crippen LogP contribution in [0.15, 0.2) is 46.9 Å². The molecule has 2 aliphatic heterocycles. The van der Waals surface area contributed by atoms with Crippen LogP contribution in [0.5, 0.6) is 0 Å². The third-order valence-corrected chi connectivity index (χ3v) is 8.48. The van der Waals surface area contributed by atoms with Gasteiger partial charge in [0.1, 0.15) is 0 Å². The van der Waals surface area contributed by atoms with Crippen LogP contribution in [-0.2, 0) is 15.8 Å². The van der Waals surface area contributed by atoms with Crippen molar-refractivity contribution < 1.29 is 27.6 Å². The molecule has 39 heavy (non-hydrogen) atoms. The summed E-state index contributed by atoms with van der Waals surface area (Å²) in [5.74, 6) is -0.927. The second kappa shape index (κ2) is 11.9. The van der Waals surface area contributed by atoms with Gasteiger partial charge in [0.15, 0.2) is 0 Å². The van der Waals surface area contributed by atoms with Crippen LogP contribution >= 0.6 is 27.5 Å². The van der Waals surface area contributed by atoms with Crippen LogP contribution in [0.25, 0.3) is 0 Å². The second-order valence-corrected chi connectivity index (χ2v) is 11.6. The average molecular weight is 629 g/mol. The summed E-state index contributed by atoms with van der Waals surface area (Å²) >= 11 is 9.21. The topological polar surface area (TPSA) is 60.9 Å². The summed E-state index contributed by atoms with van der Waals surface area (Å²) in [4.78, 5) is 43.7. The maximum Gasteiger partial charge on any atom is 0.416 e. The fraction of sp³-hybridized carbons (Fsp3) is 0.464. The molecule has 2 aromatic carbocycles. The molecular formula is C28H30BrClF3N3O3. The number of carbonyl (C=O) groups excluding carboxylic acids is 3. The van der Waals surface area contributed by atoms with E-state index in [9.17, 15) is 27.6 Å². The lowest BCUT2D eigenvalue weighted by Crippen LogP contribution is -2.53. The van der Waals surface area contributed by atoms with E-state index < -0.39 is 17.6 Å². The number of amides is 3. The molecule has 2 aromatic rings. The van der Waals surface area contributed by atoms with Crippen LogP contribution in [0.3, 0.4) is 0 Å². The van der Waals surface area contributed by atoms with Gasteiger partial charge in [-0.05, 0) is 55.2 Å². The fourth-order valence-electron chi connectivity index (χ4n) is 5.57. The van der Waals surface area contributed by atoms with Crippen LogP contribution in [0.2, 0.25) is 5.02 Å². The predicted molar refractivity (Wildman–Crippen MR) is 145 cm³/mol. The highest BCUT2D eigenvalue weighted by atomic mass is 79.9. The first-order chi connectivity index (χ1) is 18.3. The van der Waals surface area contributed by atoms with E-state index in [-0.39, 0.29) is 39.7 Å². The van der Waals surface area contributed by atoms with Gasteiger partial charge in [0.25, 0.3) is 5.91 Å². The maximum atomic E-state index is 13.5. The van der Waals surface area contributed by atoms with Crippen LogP contribution in [-0.4, -0.2) is 71.7 Å². The number of benzene rings is 2. The molecule has 0 aliphatic carbocycles. The molecule has 2 heterocycles. The van der Waals surface area contributed by atoms with E-state index in [4.69, 9.17) is 11.6 Å². The predicted octanol–water partition coefficient (Wildman–Crippen LogP) is 5.84. The molecule has 3 amide bonds. The van der Waals surface area contributed by atoms with Crippen molar-refractivity contribution in [1.82, 2.24) is 14.7 Å². The highest BCUT2D eigenvalue weighted by Gasteiger charge is 2.39. The summed E-state index contributed by atoms with van der Waals surface area (Å²) in [6.45, 7) is 3.41. The van der Waals surface area contributed by atoms with Gasteiger partial charge in [-0.3, -0.25) is 14.4 Å². The number of likely N-dealkylation sites (tertiary alicyclic amines) is 2. The minimum Gasteiger partial charge on any atom is -0.343 e. The Morgan fingerprint density at radius 2 is 1.59 bits per heavy atom. The third-order valence-electron chi connectivity index (χ3n) is 7.77. The Bertz CT molecular complexity index is 1230. The molecule has 4 rings (SSSR count). The highest BCUT2D eigenvalue weighted by Crippen LogP contribution is 2.35. The molecule has 0 saturated carbocycles. The molecule has 0 aromatic heterocycles. The third kappa shape index (κ3) is 6.77. The summed E-state index contributed by atoms with van der Waals surface area (Å²) in [5, 5.41) is 0.550. The molecule has 6 nitrogen and oxygen atoms in total. The van der Waals surface area contributed by atoms with E-state index in [2.05, 4.69) is 15.9 Å². The lowest BCUT2D eigenvalue weighted by atomic mass is 9.83. The monoisotopic (exact) mass is 627 g/mol. The van der Waals surface area contributed by atoms with E-state index in [1.54, 1.807) is 24.1 Å². The lowest BCUT2D eigenvalue weighted by Gasteiger charge is -2.44. The van der Waals surface area contributed by atoms with E-state index >= 15 is 0 Å². The van der Waals surface area contributed by atoms with Gasteiger partial charge in [-0.2, -0.15) is 13.2 Å². The minimum absolute atomic E-state index is 0.00465. The fourth-order valence-corrected chi connectivity index (χ4v) is 6.19. The number of hydrogen-bond donors (Lipinski definition) is 0. The Labute approximate surface area is 239 Å². The van der Waals surface area contributed by atoms with Crippen molar-refractivity contribution in [2.24, 2.45) is 5.92 Å². The zero-order valence-corrected chi connectivity index (χ0v) is 24.0. The normalized spacial score (nSPS) is 20.6. The second-order valence-electron chi connectivity index (χ2n) is 10.2. The highest BCUT2D eigenvalue weighted by molar-refractivity contribution is 9.10. The standard InChI is InChI=1S/C28H30BrClF3N3O3/c1-17(37)35-10-7-19(8-11-35)27(39)36-12-9-25(24(16-36)18-3-5-23(30)6-4-18)34(2)26(38)20-13-21(28(31,32)33)15-22(29)14-20/h3-6,13-15,19,24-25H,7-12,16H2,1-2H3/t24-,25+/m0/s1. The molecule has 0 radical (unpaired) electrons. The number of piperidine rings is 2. The van der Waals surface area contributed by atoms with Gasteiger partial charge in [0, 0.05) is 73.1 Å². The van der Waals surface area contributed by atoms with Crippen LogP contribution < -0.4 is 0 Å². The Hall–Kier alpha value is -2.59. The van der Waals surface area contributed by atoms with Gasteiger partial charge in [0.2, 0.25) is 11.8 Å². The van der Waals surface area contributed by atoms with Crippen molar-refractivity contribution in [3.05, 3.63) is 68.7 Å². The summed E-state index contributed by atoms with van der Waals surface area (Å²) < 4.78 is 40.4. The summed E-state index contributed by atoms with van der Waals surface area (Å²) in [7, 11) is 1.60. The molecule has 210 valence electrons. The zero-order chi connectivity index (χ0) is 28.5. The van der Waals surface area contributed by atoms with Crippen molar-refractivity contribution in [3.63, 3.8) is 0 Å². The number of rotatable bonds is 4. The quantitative estimate of drug-likeness (QED) is 0.428. The van der Waals surface area contributed by atoms with Crippen molar-refractivity contribution in [2.75, 3.05) is 33.2 Å². The van der Waals surface area contributed by atoms with Gasteiger partial charge in [-0.25, -0.2) is 0 Å². The molecule has 2 atom stereocenters. The molecule has 0 spiro atoms. The van der Waals surface area contributed by atoms with E-state index in [0.29, 0.717) is 50.5 Å². The molecule has 11 heteroatoms. The lowest BCUT2D eigenvalue weighted by molar-refractivity contribution is -0.141. The number of likely N-dealkylation sites (N-methyl/N-ethyl adjacent to an activating group) is 1. The molecule has 0 N–H and O–H groups in total. The van der Waals surface area contributed by atoms with Gasteiger partial charge in [-0.15, -0.1) is 0 Å². The maximum absolute atomic E-state index is 13.5. The molecule has 0 unspecified atom stereocenters. The van der Waals surface area contributed by atoms with Gasteiger partial charge >= 0.3 is 6.18 Å². The van der Waals surface area contributed by atoms with Crippen molar-refractivity contribution in [1.29, 1.82) is 0 Å². The van der Waals surface area contributed by atoms with E-state index in [1.807, 2.05) is 17.0 Å². The number of alkyl halides is 3. The molecular weight excluding hydrogens is 599 g/mol. The number of nitrogens with zero attached hydrogens (tertiary/aromatic N) is 3. The Kier molecular flexibility index (Phi) is 8.95. The van der Waals surface area contributed by atoms with E-state index in [0.717, 1.165) is 17.7 Å². The zero-order valence-electron chi connectivity index (χ0n) is 21.7. The first-order valence-electron chi connectivity index (χ1n) is 12.8. The number of halogens is 5. The van der Waals surface area contributed by atoms with Crippen LogP contribution in [0, 0.1) is 5.92 Å². The SMILES string of the molecule is CC(=O)N1CCC(C(=O)N2CC[C@@H](N(C)C(=O)c3cc(Br)cc(C(F)(F)F)c3)[C@H](c3ccc(Cl)cc3)C2)CC1. The largest absolute Gasteiger partial charge is 0.416 e. The summed E-state index contributed by atoms with van der Waals surface area (Å²) in [6.07, 6.45) is -2.91. The summed E-state index contributed by atoms with van der Waals surface area (Å²) in [5.41, 5.74) is -0.0814. The first-order valence-corrected chi connectivity index (χ1v) is 14.0. The molecule has 0 bridgehead atoms. The molecule has 2 saturated heterocycles. The Morgan fingerprint density at radius 1 is 0.974 bits per heavy atom. The van der Waals surface area contributed by atoms with Gasteiger partial charge in [-0.1, -0.05) is 39.7 Å². The van der Waals surface area contributed by atoms with Crippen LogP contribution in [0.1, 0.15) is 53.6 Å². The smallest absolute Gasteiger partial charge is 0.343 e. The Morgan fingerprint density at radius 3 is 2.18 bits per heavy atom. The van der Waals surface area contributed by atoms with Crippen LogP contribution in [0.4, 0.5) is 13.2 Å². The van der Waals surface area contributed by atoms with E-state index in [1.165, 1.54) is 17.9 Å². The minimum atomic E-state index is -4.59. The average Bonchev–Trinajstić information content (AvgIpc) is 2.91. The Balaban J connectivity index is 1.56.